The van der Waals surface area contributed by atoms with Crippen LogP contribution in [0.3, 0.4) is 0 Å². The van der Waals surface area contributed by atoms with Gasteiger partial charge in [-0.15, -0.1) is 0 Å². The van der Waals surface area contributed by atoms with Crippen LogP contribution in [0.25, 0.3) is 6.08 Å². The first-order valence-corrected chi connectivity index (χ1v) is 7.87. The molecule has 0 unspecified atom stereocenters. The van der Waals surface area contributed by atoms with E-state index in [2.05, 4.69) is 5.10 Å². The van der Waals surface area contributed by atoms with Gasteiger partial charge in [-0.2, -0.15) is 23.3 Å². The first-order valence-electron chi connectivity index (χ1n) is 7.87. The highest BCUT2D eigenvalue weighted by Gasteiger charge is 2.33. The van der Waals surface area contributed by atoms with Crippen LogP contribution in [0.15, 0.2) is 77.4 Å². The quantitative estimate of drug-likeness (QED) is 0.707. The fourth-order valence-corrected chi connectivity index (χ4v) is 2.52. The fourth-order valence-electron chi connectivity index (χ4n) is 2.52. The van der Waals surface area contributed by atoms with Gasteiger partial charge in [0.05, 0.1) is 22.5 Å². The largest absolute Gasteiger partial charge is 0.416 e. The minimum absolute atomic E-state index is 0.0830. The van der Waals surface area contributed by atoms with Gasteiger partial charge in [-0.3, -0.25) is 4.79 Å². The second-order valence-electron chi connectivity index (χ2n) is 5.70. The van der Waals surface area contributed by atoms with Crippen LogP contribution in [-0.4, -0.2) is 11.6 Å². The van der Waals surface area contributed by atoms with Crippen molar-refractivity contribution in [3.05, 3.63) is 83.4 Å². The zero-order valence-corrected chi connectivity index (χ0v) is 13.9. The summed E-state index contributed by atoms with van der Waals surface area (Å²) in [5.74, 6) is -0.459. The maximum atomic E-state index is 12.9. The van der Waals surface area contributed by atoms with Gasteiger partial charge in [-0.1, -0.05) is 48.6 Å². The lowest BCUT2D eigenvalue weighted by atomic mass is 10.1. The average molecular weight is 356 g/mol. The van der Waals surface area contributed by atoms with Crippen LogP contribution < -0.4 is 5.01 Å². The molecule has 1 aliphatic heterocycles. The molecule has 0 saturated carbocycles. The van der Waals surface area contributed by atoms with Gasteiger partial charge in [0.25, 0.3) is 5.91 Å². The van der Waals surface area contributed by atoms with E-state index in [9.17, 15) is 18.0 Å². The molecule has 6 heteroatoms. The third kappa shape index (κ3) is 3.74. The number of benzene rings is 2. The van der Waals surface area contributed by atoms with Crippen molar-refractivity contribution in [2.45, 2.75) is 13.1 Å². The van der Waals surface area contributed by atoms with Crippen molar-refractivity contribution in [3.8, 4) is 0 Å². The Bertz CT molecular complexity index is 912. The van der Waals surface area contributed by atoms with Crippen molar-refractivity contribution in [1.29, 1.82) is 0 Å². The second kappa shape index (κ2) is 7.00. The molecule has 1 aliphatic rings. The van der Waals surface area contributed by atoms with Crippen molar-refractivity contribution in [1.82, 2.24) is 0 Å². The Morgan fingerprint density at radius 2 is 1.77 bits per heavy atom. The molecule has 1 amide bonds. The maximum Gasteiger partial charge on any atom is 0.416 e. The van der Waals surface area contributed by atoms with Gasteiger partial charge < -0.3 is 0 Å². The summed E-state index contributed by atoms with van der Waals surface area (Å²) >= 11 is 0. The number of hydrogen-bond donors (Lipinski definition) is 0. The van der Waals surface area contributed by atoms with E-state index >= 15 is 0 Å². The standard InChI is InChI=1S/C20H15F3N2O/c1-14-18(12-5-9-15-7-3-2-4-8-15)19(26)25(24-14)17-11-6-10-16(13-17)20(21,22)23/h2-13H,1H3/b9-5+,18-12+. The number of alkyl halides is 3. The van der Waals surface area contributed by atoms with Crippen LogP contribution in [0, 0.1) is 0 Å². The molecule has 132 valence electrons. The Morgan fingerprint density at radius 3 is 2.46 bits per heavy atom. The molecule has 0 spiro atoms. The molecule has 2 aromatic rings. The number of carbonyl (C=O) groups excluding carboxylic acids is 1. The molecule has 3 nitrogen and oxygen atoms in total. The predicted molar refractivity (Wildman–Crippen MR) is 95.6 cm³/mol. The zero-order chi connectivity index (χ0) is 18.7. The lowest BCUT2D eigenvalue weighted by Crippen LogP contribution is -2.21. The zero-order valence-electron chi connectivity index (χ0n) is 13.9. The van der Waals surface area contributed by atoms with Crippen molar-refractivity contribution in [2.75, 3.05) is 5.01 Å². The number of nitrogens with zero attached hydrogens (tertiary/aromatic N) is 2. The monoisotopic (exact) mass is 356 g/mol. The van der Waals surface area contributed by atoms with Crippen LogP contribution >= 0.6 is 0 Å². The topological polar surface area (TPSA) is 32.7 Å². The van der Waals surface area contributed by atoms with Crippen LogP contribution in [0.2, 0.25) is 0 Å². The minimum Gasteiger partial charge on any atom is -0.267 e. The highest BCUT2D eigenvalue weighted by Crippen LogP contribution is 2.33. The molecule has 0 N–H and O–H groups in total. The molecular formula is C20H15F3N2O. The molecule has 2 aromatic carbocycles. The van der Waals surface area contributed by atoms with Gasteiger partial charge in [0.2, 0.25) is 0 Å². The highest BCUT2D eigenvalue weighted by atomic mass is 19.4. The first-order chi connectivity index (χ1) is 12.4. The highest BCUT2D eigenvalue weighted by molar-refractivity contribution is 6.29. The Labute approximate surface area is 148 Å². The smallest absolute Gasteiger partial charge is 0.267 e. The summed E-state index contributed by atoms with van der Waals surface area (Å²) in [5, 5.41) is 5.09. The number of hydrogen-bond acceptors (Lipinski definition) is 2. The summed E-state index contributed by atoms with van der Waals surface area (Å²) in [6.45, 7) is 1.65. The number of carbonyl (C=O) groups is 1. The molecule has 0 atom stereocenters. The van der Waals surface area contributed by atoms with Gasteiger partial charge in [-0.25, -0.2) is 0 Å². The number of rotatable bonds is 3. The van der Waals surface area contributed by atoms with E-state index in [-0.39, 0.29) is 5.69 Å². The number of amides is 1. The Balaban J connectivity index is 1.84. The van der Waals surface area contributed by atoms with Crippen molar-refractivity contribution in [2.24, 2.45) is 5.10 Å². The Kier molecular flexibility index (Phi) is 4.75. The Hall–Kier alpha value is -3.15. The third-order valence-corrected chi connectivity index (χ3v) is 3.83. The summed E-state index contributed by atoms with van der Waals surface area (Å²) in [5.41, 5.74) is 1.02. The molecule has 26 heavy (non-hydrogen) atoms. The number of anilines is 1. The summed E-state index contributed by atoms with van der Waals surface area (Å²) in [7, 11) is 0. The number of allylic oxidation sites excluding steroid dienone is 2. The van der Waals surface area contributed by atoms with Gasteiger partial charge in [-0.05, 0) is 36.8 Å². The molecule has 0 saturated heterocycles. The molecule has 0 fully saturated rings. The van der Waals surface area contributed by atoms with E-state index in [0.717, 1.165) is 22.7 Å². The van der Waals surface area contributed by atoms with Crippen molar-refractivity contribution < 1.29 is 18.0 Å². The normalized spacial score (nSPS) is 16.6. The predicted octanol–water partition coefficient (Wildman–Crippen LogP) is 5.07. The SMILES string of the molecule is CC1=NN(c2cccc(C(F)(F)F)c2)C(=O)/C1=C/C=C/c1ccccc1. The van der Waals surface area contributed by atoms with E-state index in [1.54, 1.807) is 19.1 Å². The summed E-state index contributed by atoms with van der Waals surface area (Å²) in [6, 6.07) is 14.1. The van der Waals surface area contributed by atoms with Crippen molar-refractivity contribution >= 4 is 23.4 Å². The average Bonchev–Trinajstić information content (AvgIpc) is 2.90. The van der Waals surface area contributed by atoms with Gasteiger partial charge >= 0.3 is 6.18 Å². The lowest BCUT2D eigenvalue weighted by Gasteiger charge is -2.14. The molecule has 1 heterocycles. The van der Waals surface area contributed by atoms with Crippen LogP contribution in [0.1, 0.15) is 18.1 Å². The van der Waals surface area contributed by atoms with E-state index in [1.165, 1.54) is 12.1 Å². The summed E-state index contributed by atoms with van der Waals surface area (Å²) in [6.07, 6.45) is 0.689. The fraction of sp³-hybridized carbons (Fsp3) is 0.100. The molecule has 0 aromatic heterocycles. The van der Waals surface area contributed by atoms with E-state index in [4.69, 9.17) is 0 Å². The lowest BCUT2D eigenvalue weighted by molar-refractivity contribution is -0.137. The maximum absolute atomic E-state index is 12.9. The summed E-state index contributed by atoms with van der Waals surface area (Å²) in [4.78, 5) is 12.5. The minimum atomic E-state index is -4.48. The third-order valence-electron chi connectivity index (χ3n) is 3.83. The van der Waals surface area contributed by atoms with Crippen LogP contribution in [-0.2, 0) is 11.0 Å². The van der Waals surface area contributed by atoms with Crippen LogP contribution in [0.5, 0.6) is 0 Å². The van der Waals surface area contributed by atoms with Gasteiger partial charge in [0.1, 0.15) is 0 Å². The Morgan fingerprint density at radius 1 is 1.04 bits per heavy atom. The summed E-state index contributed by atoms with van der Waals surface area (Å²) < 4.78 is 38.6. The molecule has 0 bridgehead atoms. The van der Waals surface area contributed by atoms with Gasteiger partial charge in [0, 0.05) is 0 Å². The van der Waals surface area contributed by atoms with Crippen LogP contribution in [0.4, 0.5) is 18.9 Å². The van der Waals surface area contributed by atoms with E-state index < -0.39 is 17.6 Å². The molecule has 0 aliphatic carbocycles. The van der Waals surface area contributed by atoms with E-state index in [1.807, 2.05) is 36.4 Å². The molecular weight excluding hydrogens is 341 g/mol. The second-order valence-corrected chi connectivity index (χ2v) is 5.70. The molecule has 0 radical (unpaired) electrons. The first kappa shape index (κ1) is 17.7. The van der Waals surface area contributed by atoms with Gasteiger partial charge in [0.15, 0.2) is 0 Å². The van der Waals surface area contributed by atoms with Crippen molar-refractivity contribution in [3.63, 3.8) is 0 Å². The molecule has 3 rings (SSSR count). The van der Waals surface area contributed by atoms with E-state index in [0.29, 0.717) is 11.3 Å². The number of hydrazone groups is 1. The number of halogens is 3.